The first-order chi connectivity index (χ1) is 7.54. The quantitative estimate of drug-likeness (QED) is 0.820. The Morgan fingerprint density at radius 2 is 2.50 bits per heavy atom. The molecule has 5 heteroatoms. The van der Waals surface area contributed by atoms with E-state index in [1.807, 2.05) is 0 Å². The molecular formula is C11H17N3O2. The highest BCUT2D eigenvalue weighted by molar-refractivity contribution is 5.23. The molecular weight excluding hydrogens is 206 g/mol. The molecule has 2 N–H and O–H groups in total. The first-order valence-electron chi connectivity index (χ1n) is 5.56. The molecule has 0 amide bonds. The standard InChI is InChI=1S/C11H17N3O2/c1-3-11(2)6-4-9(16-11)14-7-5-8(12)13-10(14)15/h5,7,9H,3-4,6H2,1-2H3,(H2,12,13,15)/t9-,11-/m1/s1. The Morgan fingerprint density at radius 1 is 1.75 bits per heavy atom. The summed E-state index contributed by atoms with van der Waals surface area (Å²) < 4.78 is 7.40. The molecule has 2 heterocycles. The predicted molar refractivity (Wildman–Crippen MR) is 61.0 cm³/mol. The van der Waals surface area contributed by atoms with E-state index in [1.165, 1.54) is 4.57 Å². The summed E-state index contributed by atoms with van der Waals surface area (Å²) in [5, 5.41) is 0. The van der Waals surface area contributed by atoms with Crippen LogP contribution in [-0.2, 0) is 4.74 Å². The van der Waals surface area contributed by atoms with Crippen molar-refractivity contribution in [2.45, 2.75) is 44.9 Å². The van der Waals surface area contributed by atoms with Gasteiger partial charge >= 0.3 is 5.69 Å². The van der Waals surface area contributed by atoms with Gasteiger partial charge in [0.15, 0.2) is 0 Å². The van der Waals surface area contributed by atoms with Crippen LogP contribution >= 0.6 is 0 Å². The molecule has 0 aliphatic carbocycles. The van der Waals surface area contributed by atoms with Gasteiger partial charge in [-0.25, -0.2) is 4.79 Å². The van der Waals surface area contributed by atoms with Crippen molar-refractivity contribution in [2.24, 2.45) is 0 Å². The predicted octanol–water partition coefficient (Wildman–Crippen LogP) is 1.30. The van der Waals surface area contributed by atoms with Crippen LogP contribution in [0.15, 0.2) is 17.1 Å². The average Bonchev–Trinajstić information content (AvgIpc) is 2.62. The van der Waals surface area contributed by atoms with E-state index >= 15 is 0 Å². The van der Waals surface area contributed by atoms with E-state index in [-0.39, 0.29) is 23.3 Å². The lowest BCUT2D eigenvalue weighted by Gasteiger charge is -2.23. The molecule has 1 aromatic heterocycles. The van der Waals surface area contributed by atoms with Gasteiger partial charge in [-0.15, -0.1) is 0 Å². The molecule has 0 saturated carbocycles. The van der Waals surface area contributed by atoms with Crippen molar-refractivity contribution in [1.82, 2.24) is 9.55 Å². The first kappa shape index (κ1) is 11.1. The Bertz CT molecular complexity index is 443. The molecule has 2 rings (SSSR count). The lowest BCUT2D eigenvalue weighted by molar-refractivity contribution is -0.0645. The summed E-state index contributed by atoms with van der Waals surface area (Å²) in [6, 6.07) is 1.62. The number of hydrogen-bond donors (Lipinski definition) is 1. The van der Waals surface area contributed by atoms with Crippen molar-refractivity contribution >= 4 is 5.82 Å². The normalized spacial score (nSPS) is 29.5. The van der Waals surface area contributed by atoms with Crippen molar-refractivity contribution in [3.8, 4) is 0 Å². The fourth-order valence-electron chi connectivity index (χ4n) is 1.98. The molecule has 0 aromatic carbocycles. The molecule has 0 radical (unpaired) electrons. The highest BCUT2D eigenvalue weighted by atomic mass is 16.5. The highest BCUT2D eigenvalue weighted by Crippen LogP contribution is 2.37. The Kier molecular flexibility index (Phi) is 2.71. The lowest BCUT2D eigenvalue weighted by Crippen LogP contribution is -2.29. The van der Waals surface area contributed by atoms with Crippen molar-refractivity contribution in [2.75, 3.05) is 5.73 Å². The molecule has 0 spiro atoms. The molecule has 1 aliphatic heterocycles. The van der Waals surface area contributed by atoms with Crippen molar-refractivity contribution in [3.63, 3.8) is 0 Å². The molecule has 1 saturated heterocycles. The monoisotopic (exact) mass is 223 g/mol. The minimum Gasteiger partial charge on any atom is -0.383 e. The second-order valence-electron chi connectivity index (χ2n) is 4.46. The van der Waals surface area contributed by atoms with Crippen LogP contribution in [0.2, 0.25) is 0 Å². The number of nitrogens with two attached hydrogens (primary N) is 1. The van der Waals surface area contributed by atoms with Gasteiger partial charge in [-0.3, -0.25) is 4.57 Å². The van der Waals surface area contributed by atoms with Gasteiger partial charge in [0.2, 0.25) is 0 Å². The van der Waals surface area contributed by atoms with E-state index in [0.29, 0.717) is 0 Å². The van der Waals surface area contributed by atoms with Gasteiger partial charge in [0.05, 0.1) is 5.60 Å². The van der Waals surface area contributed by atoms with Gasteiger partial charge in [-0.05, 0) is 32.3 Å². The molecule has 5 nitrogen and oxygen atoms in total. The van der Waals surface area contributed by atoms with Gasteiger partial charge in [-0.2, -0.15) is 4.98 Å². The van der Waals surface area contributed by atoms with Gasteiger partial charge in [-0.1, -0.05) is 6.92 Å². The largest absolute Gasteiger partial charge is 0.383 e. The first-order valence-corrected chi connectivity index (χ1v) is 5.56. The van der Waals surface area contributed by atoms with Crippen LogP contribution in [0.25, 0.3) is 0 Å². The van der Waals surface area contributed by atoms with Crippen LogP contribution in [0.5, 0.6) is 0 Å². The van der Waals surface area contributed by atoms with Gasteiger partial charge in [0.1, 0.15) is 12.0 Å². The summed E-state index contributed by atoms with van der Waals surface area (Å²) in [5.41, 5.74) is 4.98. The molecule has 0 bridgehead atoms. The molecule has 1 aromatic rings. The van der Waals surface area contributed by atoms with Crippen molar-refractivity contribution in [1.29, 1.82) is 0 Å². The molecule has 2 atom stereocenters. The maximum atomic E-state index is 11.6. The zero-order chi connectivity index (χ0) is 11.8. The molecule has 0 unspecified atom stereocenters. The smallest absolute Gasteiger partial charge is 0.351 e. The van der Waals surface area contributed by atoms with Crippen molar-refractivity contribution < 1.29 is 4.74 Å². The van der Waals surface area contributed by atoms with Gasteiger partial charge < -0.3 is 10.5 Å². The van der Waals surface area contributed by atoms with Crippen LogP contribution in [0.1, 0.15) is 39.3 Å². The van der Waals surface area contributed by atoms with Crippen LogP contribution in [0.4, 0.5) is 5.82 Å². The second-order valence-corrected chi connectivity index (χ2v) is 4.46. The molecule has 1 aliphatic rings. The summed E-state index contributed by atoms with van der Waals surface area (Å²) >= 11 is 0. The van der Waals surface area contributed by atoms with Crippen LogP contribution in [0, 0.1) is 0 Å². The van der Waals surface area contributed by atoms with Crippen molar-refractivity contribution in [3.05, 3.63) is 22.7 Å². The third-order valence-electron chi connectivity index (χ3n) is 3.25. The van der Waals surface area contributed by atoms with E-state index in [2.05, 4.69) is 18.8 Å². The maximum Gasteiger partial charge on any atom is 0.351 e. The summed E-state index contributed by atoms with van der Waals surface area (Å²) in [7, 11) is 0. The third-order valence-corrected chi connectivity index (χ3v) is 3.25. The Balaban J connectivity index is 2.24. The fourth-order valence-corrected chi connectivity index (χ4v) is 1.98. The Morgan fingerprint density at radius 3 is 3.06 bits per heavy atom. The number of ether oxygens (including phenoxy) is 1. The summed E-state index contributed by atoms with van der Waals surface area (Å²) in [4.78, 5) is 15.3. The number of hydrogen-bond acceptors (Lipinski definition) is 4. The van der Waals surface area contributed by atoms with Crippen LogP contribution < -0.4 is 11.4 Å². The van der Waals surface area contributed by atoms with Crippen LogP contribution in [0.3, 0.4) is 0 Å². The SMILES string of the molecule is CC[C@]1(C)CC[C@H](n2ccc(N)nc2=O)O1. The van der Waals surface area contributed by atoms with Gasteiger partial charge in [0, 0.05) is 6.20 Å². The Labute approximate surface area is 94.2 Å². The fraction of sp³-hybridized carbons (Fsp3) is 0.636. The summed E-state index contributed by atoms with van der Waals surface area (Å²) in [6.45, 7) is 4.16. The van der Waals surface area contributed by atoms with Gasteiger partial charge in [0.25, 0.3) is 0 Å². The lowest BCUT2D eigenvalue weighted by atomic mass is 10.00. The summed E-state index contributed by atoms with van der Waals surface area (Å²) in [5.74, 6) is 0.248. The Hall–Kier alpha value is -1.36. The summed E-state index contributed by atoms with van der Waals surface area (Å²) in [6.07, 6.45) is 4.20. The second kappa shape index (κ2) is 3.90. The van der Waals surface area contributed by atoms with E-state index in [0.717, 1.165) is 19.3 Å². The van der Waals surface area contributed by atoms with E-state index < -0.39 is 0 Å². The zero-order valence-corrected chi connectivity index (χ0v) is 9.64. The number of nitrogen functional groups attached to an aromatic ring is 1. The van der Waals surface area contributed by atoms with Crippen LogP contribution in [-0.4, -0.2) is 15.2 Å². The molecule has 88 valence electrons. The molecule has 1 fully saturated rings. The number of nitrogens with zero attached hydrogens (tertiary/aromatic N) is 2. The van der Waals surface area contributed by atoms with E-state index in [4.69, 9.17) is 10.5 Å². The molecule has 16 heavy (non-hydrogen) atoms. The number of anilines is 1. The minimum absolute atomic E-state index is 0.120. The third kappa shape index (κ3) is 1.95. The van der Waals surface area contributed by atoms with E-state index in [9.17, 15) is 4.79 Å². The topological polar surface area (TPSA) is 70.1 Å². The highest BCUT2D eigenvalue weighted by Gasteiger charge is 2.35. The maximum absolute atomic E-state index is 11.6. The number of rotatable bonds is 2. The zero-order valence-electron chi connectivity index (χ0n) is 9.64. The average molecular weight is 223 g/mol. The number of aromatic nitrogens is 2. The van der Waals surface area contributed by atoms with E-state index in [1.54, 1.807) is 12.3 Å². The minimum atomic E-state index is -0.342.